The van der Waals surface area contributed by atoms with Crippen molar-refractivity contribution in [3.63, 3.8) is 0 Å². The molecule has 0 aliphatic heterocycles. The summed E-state index contributed by atoms with van der Waals surface area (Å²) in [6.07, 6.45) is 1.20. The first kappa shape index (κ1) is 29.4. The maximum absolute atomic E-state index is 13.7. The molecule has 37 heavy (non-hydrogen) atoms. The van der Waals surface area contributed by atoms with Crippen molar-refractivity contribution < 1.29 is 9.59 Å². The second kappa shape index (κ2) is 14.7. The summed E-state index contributed by atoms with van der Waals surface area (Å²) in [6.45, 7) is 4.27. The van der Waals surface area contributed by atoms with E-state index in [1.54, 1.807) is 35.2 Å². The minimum absolute atomic E-state index is 0.00463. The number of carbonyl (C=O) groups is 2. The number of thioether (sulfide) groups is 1. The molecule has 0 unspecified atom stereocenters. The lowest BCUT2D eigenvalue weighted by Crippen LogP contribution is -2.52. The minimum atomic E-state index is -0.677. The van der Waals surface area contributed by atoms with Crippen molar-refractivity contribution in [1.82, 2.24) is 10.2 Å². The number of rotatable bonds is 12. The average Bonchev–Trinajstić information content (AvgIpc) is 2.89. The third-order valence-electron chi connectivity index (χ3n) is 6.07. The molecule has 0 saturated carbocycles. The van der Waals surface area contributed by atoms with Gasteiger partial charge in [-0.2, -0.15) is 0 Å². The Morgan fingerprint density at radius 2 is 1.54 bits per heavy atom. The second-order valence-electron chi connectivity index (χ2n) is 8.86. The number of nitrogens with one attached hydrogen (secondary N) is 1. The number of halogens is 3. The van der Waals surface area contributed by atoms with E-state index in [0.29, 0.717) is 27.2 Å². The molecule has 0 fully saturated rings. The van der Waals surface area contributed by atoms with Crippen molar-refractivity contribution in [2.24, 2.45) is 0 Å². The fraction of sp³-hybridized carbons (Fsp3) is 0.310. The minimum Gasteiger partial charge on any atom is -0.352 e. The van der Waals surface area contributed by atoms with Crippen LogP contribution in [0.3, 0.4) is 0 Å². The largest absolute Gasteiger partial charge is 0.352 e. The first-order valence-electron chi connectivity index (χ1n) is 12.2. The summed E-state index contributed by atoms with van der Waals surface area (Å²) in [4.78, 5) is 28.9. The van der Waals surface area contributed by atoms with Crippen LogP contribution < -0.4 is 5.32 Å². The van der Waals surface area contributed by atoms with Gasteiger partial charge in [0, 0.05) is 39.8 Å². The van der Waals surface area contributed by atoms with Gasteiger partial charge in [-0.05, 0) is 54.3 Å². The predicted octanol–water partition coefficient (Wildman–Crippen LogP) is 7.43. The molecule has 0 aliphatic rings. The quantitative estimate of drug-likeness (QED) is 0.243. The van der Waals surface area contributed by atoms with Crippen LogP contribution in [0.25, 0.3) is 0 Å². The number of carbonyl (C=O) groups excluding carboxylic acids is 2. The molecule has 0 bridgehead atoms. The van der Waals surface area contributed by atoms with Crippen LogP contribution in [0.15, 0.2) is 72.8 Å². The maximum Gasteiger partial charge on any atom is 0.243 e. The lowest BCUT2D eigenvalue weighted by Gasteiger charge is -2.32. The van der Waals surface area contributed by atoms with E-state index in [9.17, 15) is 9.59 Å². The van der Waals surface area contributed by atoms with E-state index in [-0.39, 0.29) is 30.2 Å². The van der Waals surface area contributed by atoms with Crippen LogP contribution >= 0.6 is 46.6 Å². The molecule has 0 spiro atoms. The van der Waals surface area contributed by atoms with Crippen LogP contribution in [0.4, 0.5) is 0 Å². The number of hydrogen-bond acceptors (Lipinski definition) is 3. The van der Waals surface area contributed by atoms with Gasteiger partial charge in [0.05, 0.1) is 5.75 Å². The molecular formula is C29H31Cl3N2O2S. The highest BCUT2D eigenvalue weighted by Crippen LogP contribution is 2.28. The molecule has 2 amide bonds. The molecule has 0 heterocycles. The zero-order chi connectivity index (χ0) is 26.8. The van der Waals surface area contributed by atoms with Crippen molar-refractivity contribution in [3.8, 4) is 0 Å². The Morgan fingerprint density at radius 3 is 2.16 bits per heavy atom. The molecule has 4 nitrogen and oxygen atoms in total. The van der Waals surface area contributed by atoms with E-state index in [1.165, 1.54) is 11.8 Å². The van der Waals surface area contributed by atoms with Gasteiger partial charge in [-0.1, -0.05) is 90.3 Å². The highest BCUT2D eigenvalue weighted by atomic mass is 35.5. The SMILES string of the molecule is CC[C@H](C)NC(=O)[C@@H](Cc1ccccc1)N(Cc1ccc(Cl)cc1)C(=O)CSCc1c(Cl)cccc1Cl. The van der Waals surface area contributed by atoms with Gasteiger partial charge >= 0.3 is 0 Å². The Labute approximate surface area is 238 Å². The fourth-order valence-electron chi connectivity index (χ4n) is 3.78. The van der Waals surface area contributed by atoms with E-state index < -0.39 is 6.04 Å². The normalized spacial score (nSPS) is 12.6. The average molecular weight is 578 g/mol. The Kier molecular flexibility index (Phi) is 11.7. The first-order chi connectivity index (χ1) is 17.8. The Morgan fingerprint density at radius 1 is 0.892 bits per heavy atom. The predicted molar refractivity (Wildman–Crippen MR) is 156 cm³/mol. The molecule has 1 N–H and O–H groups in total. The molecule has 3 aromatic carbocycles. The van der Waals surface area contributed by atoms with Crippen LogP contribution in [0.1, 0.15) is 37.0 Å². The summed E-state index contributed by atoms with van der Waals surface area (Å²) in [5.74, 6) is 0.362. The summed E-state index contributed by atoms with van der Waals surface area (Å²) in [5, 5.41) is 4.84. The van der Waals surface area contributed by atoms with Gasteiger partial charge in [0.2, 0.25) is 11.8 Å². The molecule has 0 aliphatic carbocycles. The van der Waals surface area contributed by atoms with Gasteiger partial charge in [-0.15, -0.1) is 11.8 Å². The van der Waals surface area contributed by atoms with E-state index in [2.05, 4.69) is 5.32 Å². The van der Waals surface area contributed by atoms with Gasteiger partial charge < -0.3 is 10.2 Å². The maximum atomic E-state index is 13.7. The highest BCUT2D eigenvalue weighted by molar-refractivity contribution is 7.99. The Balaban J connectivity index is 1.87. The first-order valence-corrected chi connectivity index (χ1v) is 14.5. The summed E-state index contributed by atoms with van der Waals surface area (Å²) >= 11 is 20.1. The second-order valence-corrected chi connectivity index (χ2v) is 11.1. The van der Waals surface area contributed by atoms with E-state index in [0.717, 1.165) is 23.1 Å². The van der Waals surface area contributed by atoms with Gasteiger partial charge in [-0.25, -0.2) is 0 Å². The van der Waals surface area contributed by atoms with Crippen LogP contribution in [0.5, 0.6) is 0 Å². The molecule has 0 saturated heterocycles. The molecule has 196 valence electrons. The number of hydrogen-bond donors (Lipinski definition) is 1. The lowest BCUT2D eigenvalue weighted by molar-refractivity contribution is -0.139. The molecule has 0 aromatic heterocycles. The molecule has 8 heteroatoms. The zero-order valence-corrected chi connectivity index (χ0v) is 24.0. The molecule has 3 aromatic rings. The van der Waals surface area contributed by atoms with Crippen LogP contribution in [-0.4, -0.2) is 34.6 Å². The van der Waals surface area contributed by atoms with Crippen molar-refractivity contribution >= 4 is 58.4 Å². The highest BCUT2D eigenvalue weighted by Gasteiger charge is 2.31. The number of amides is 2. The topological polar surface area (TPSA) is 49.4 Å². The van der Waals surface area contributed by atoms with Crippen molar-refractivity contribution in [2.45, 2.75) is 51.1 Å². The summed E-state index contributed by atoms with van der Waals surface area (Å²) in [7, 11) is 0. The summed E-state index contributed by atoms with van der Waals surface area (Å²) in [5.41, 5.74) is 2.67. The third-order valence-corrected chi connectivity index (χ3v) is 7.98. The summed E-state index contributed by atoms with van der Waals surface area (Å²) in [6, 6.07) is 21.8. The number of benzene rings is 3. The Bertz CT molecular complexity index is 1160. The molecule has 2 atom stereocenters. The fourth-order valence-corrected chi connectivity index (χ4v) is 5.55. The monoisotopic (exact) mass is 576 g/mol. The van der Waals surface area contributed by atoms with Crippen LogP contribution in [0, 0.1) is 0 Å². The van der Waals surface area contributed by atoms with Gasteiger partial charge in [-0.3, -0.25) is 9.59 Å². The van der Waals surface area contributed by atoms with Gasteiger partial charge in [0.1, 0.15) is 6.04 Å². The molecular weight excluding hydrogens is 547 g/mol. The number of nitrogens with zero attached hydrogens (tertiary/aromatic N) is 1. The van der Waals surface area contributed by atoms with Crippen molar-refractivity contribution in [3.05, 3.63) is 105 Å². The van der Waals surface area contributed by atoms with Gasteiger partial charge in [0.25, 0.3) is 0 Å². The molecule has 0 radical (unpaired) electrons. The summed E-state index contributed by atoms with van der Waals surface area (Å²) < 4.78 is 0. The smallest absolute Gasteiger partial charge is 0.243 e. The van der Waals surface area contributed by atoms with Crippen molar-refractivity contribution in [1.29, 1.82) is 0 Å². The standard InChI is InChI=1S/C29H31Cl3N2O2S/c1-3-20(2)33-29(36)27(16-21-8-5-4-6-9-21)34(17-22-12-14-23(30)15-13-22)28(35)19-37-18-24-25(31)10-7-11-26(24)32/h4-15,20,27H,3,16-19H2,1-2H3,(H,33,36)/t20-,27+/m0/s1. The van der Waals surface area contributed by atoms with E-state index >= 15 is 0 Å². The molecule has 3 rings (SSSR count). The Hall–Kier alpha value is -2.18. The van der Waals surface area contributed by atoms with Gasteiger partial charge in [0.15, 0.2) is 0 Å². The zero-order valence-electron chi connectivity index (χ0n) is 20.9. The third kappa shape index (κ3) is 8.96. The lowest BCUT2D eigenvalue weighted by atomic mass is 10.0. The van der Waals surface area contributed by atoms with Crippen LogP contribution in [-0.2, 0) is 28.3 Å². The van der Waals surface area contributed by atoms with Crippen molar-refractivity contribution in [2.75, 3.05) is 5.75 Å². The van der Waals surface area contributed by atoms with Crippen LogP contribution in [0.2, 0.25) is 15.1 Å². The van der Waals surface area contributed by atoms with E-state index in [1.807, 2.05) is 56.3 Å². The van der Waals surface area contributed by atoms with E-state index in [4.69, 9.17) is 34.8 Å².